The number of hydrogen-bond acceptors (Lipinski definition) is 2. The Hall–Kier alpha value is -0.370. The average molecular weight is 104 g/mol. The van der Waals surface area contributed by atoms with Gasteiger partial charge in [-0.25, -0.2) is 0 Å². The van der Waals surface area contributed by atoms with Crippen LogP contribution in [0.2, 0.25) is 0 Å². The van der Waals surface area contributed by atoms with Gasteiger partial charge in [0.1, 0.15) is 5.78 Å². The number of aliphatic hydroxyl groups excluding tert-OH is 1. The van der Waals surface area contributed by atoms with E-state index in [1.807, 2.05) is 0 Å². The van der Waals surface area contributed by atoms with Crippen molar-refractivity contribution in [1.82, 2.24) is 0 Å². The highest BCUT2D eigenvalue weighted by Crippen LogP contribution is 1.85. The predicted molar refractivity (Wildman–Crippen MR) is 27.0 cm³/mol. The van der Waals surface area contributed by atoms with Crippen LogP contribution in [0.15, 0.2) is 0 Å². The number of hydrogen-bond donors (Lipinski definition) is 1. The molecular formula is C5H10O2. The summed E-state index contributed by atoms with van der Waals surface area (Å²) in [4.78, 5) is 10.3. The monoisotopic (exact) mass is 104 g/mol. The molecule has 0 atom stereocenters. The van der Waals surface area contributed by atoms with Crippen molar-refractivity contribution in [2.45, 2.75) is 19.7 Å². The van der Waals surface area contributed by atoms with Crippen LogP contribution in [0.4, 0.5) is 0 Å². The molecule has 0 saturated carbocycles. The zero-order valence-corrected chi connectivity index (χ0v) is 4.27. The highest BCUT2D eigenvalue weighted by atomic mass is 16.3. The lowest BCUT2D eigenvalue weighted by Gasteiger charge is -1.86. The van der Waals surface area contributed by atoms with E-state index in [0.717, 1.165) is 0 Å². The van der Waals surface area contributed by atoms with E-state index in [1.54, 1.807) is 0 Å². The highest BCUT2D eigenvalue weighted by molar-refractivity contribution is 5.75. The van der Waals surface area contributed by atoms with Gasteiger partial charge in [0.25, 0.3) is 0 Å². The van der Waals surface area contributed by atoms with Gasteiger partial charge in [0.2, 0.25) is 0 Å². The molecule has 0 aromatic carbocycles. The maximum absolute atomic E-state index is 10.3. The highest BCUT2D eigenvalue weighted by Gasteiger charge is 1.88. The minimum atomic E-state index is -1.73. The SMILES string of the molecule is [2H]C([2H])(CO)CC(C)=O. The third kappa shape index (κ3) is 5.63. The van der Waals surface area contributed by atoms with Crippen LogP contribution in [-0.2, 0) is 4.79 Å². The molecule has 0 aliphatic heterocycles. The molecule has 2 nitrogen and oxygen atoms in total. The Balaban J connectivity index is 3.71. The van der Waals surface area contributed by atoms with Crippen LogP contribution in [0.1, 0.15) is 22.5 Å². The van der Waals surface area contributed by atoms with Crippen molar-refractivity contribution < 1.29 is 12.6 Å². The molecule has 0 aromatic rings. The molecule has 0 rings (SSSR count). The van der Waals surface area contributed by atoms with Gasteiger partial charge in [0.15, 0.2) is 0 Å². The summed E-state index contributed by atoms with van der Waals surface area (Å²) in [6, 6.07) is 0. The summed E-state index contributed by atoms with van der Waals surface area (Å²) in [5, 5.41) is 8.32. The van der Waals surface area contributed by atoms with E-state index >= 15 is 0 Å². The molecule has 0 aliphatic rings. The first-order valence-corrected chi connectivity index (χ1v) is 2.08. The summed E-state index contributed by atoms with van der Waals surface area (Å²) < 4.78 is 13.8. The molecule has 2 heteroatoms. The summed E-state index contributed by atoms with van der Waals surface area (Å²) in [5.74, 6) is -0.242. The minimum absolute atomic E-state index is 0.205. The fraction of sp³-hybridized carbons (Fsp3) is 0.800. The molecule has 0 heterocycles. The van der Waals surface area contributed by atoms with E-state index < -0.39 is 13.0 Å². The van der Waals surface area contributed by atoms with Crippen molar-refractivity contribution >= 4 is 5.78 Å². The largest absolute Gasteiger partial charge is 0.396 e. The molecule has 0 saturated heterocycles. The molecule has 42 valence electrons. The van der Waals surface area contributed by atoms with E-state index in [2.05, 4.69) is 0 Å². The molecule has 0 unspecified atom stereocenters. The normalized spacial score (nSPS) is 15.1. The first-order chi connectivity index (χ1) is 3.98. The van der Waals surface area contributed by atoms with Crippen molar-refractivity contribution in [3.05, 3.63) is 0 Å². The molecule has 7 heavy (non-hydrogen) atoms. The quantitative estimate of drug-likeness (QED) is 0.561. The van der Waals surface area contributed by atoms with Gasteiger partial charge in [-0.1, -0.05) is 0 Å². The number of rotatable bonds is 3. The van der Waals surface area contributed by atoms with Gasteiger partial charge in [-0.2, -0.15) is 0 Å². The van der Waals surface area contributed by atoms with Crippen LogP contribution in [-0.4, -0.2) is 17.5 Å². The number of carbonyl (C=O) groups is 1. The fourth-order valence-electron chi connectivity index (χ4n) is 0.232. The lowest BCUT2D eigenvalue weighted by molar-refractivity contribution is -0.117. The molecule has 0 spiro atoms. The number of ketones is 1. The van der Waals surface area contributed by atoms with Crippen molar-refractivity contribution in [3.63, 3.8) is 0 Å². The zero-order chi connectivity index (χ0) is 7.49. The Morgan fingerprint density at radius 3 is 2.71 bits per heavy atom. The number of carbonyl (C=O) groups excluding carboxylic acids is 1. The van der Waals surface area contributed by atoms with Crippen molar-refractivity contribution in [2.24, 2.45) is 0 Å². The molecule has 0 aliphatic carbocycles. The Kier molecular flexibility index (Phi) is 1.96. The van der Waals surface area contributed by atoms with Gasteiger partial charge >= 0.3 is 0 Å². The van der Waals surface area contributed by atoms with Gasteiger partial charge in [0.05, 0.1) is 0 Å². The van der Waals surface area contributed by atoms with Gasteiger partial charge in [-0.3, -0.25) is 0 Å². The molecule has 0 aromatic heterocycles. The van der Waals surface area contributed by atoms with E-state index in [0.29, 0.717) is 0 Å². The van der Waals surface area contributed by atoms with Gasteiger partial charge in [0, 0.05) is 15.8 Å². The van der Waals surface area contributed by atoms with Crippen molar-refractivity contribution in [3.8, 4) is 0 Å². The number of aliphatic hydroxyl groups is 1. The van der Waals surface area contributed by atoms with Gasteiger partial charge in [-0.15, -0.1) is 0 Å². The zero-order valence-electron chi connectivity index (χ0n) is 6.27. The Labute approximate surface area is 46.0 Å². The summed E-state index contributed by atoms with van der Waals surface area (Å²) >= 11 is 0. The third-order valence-electron chi connectivity index (χ3n) is 0.486. The second-order valence-electron chi connectivity index (χ2n) is 1.29. The second-order valence-corrected chi connectivity index (χ2v) is 1.29. The Morgan fingerprint density at radius 1 is 2.00 bits per heavy atom. The molecule has 1 N–H and O–H groups in total. The summed E-state index contributed by atoms with van der Waals surface area (Å²) in [6.45, 7) is 0.708. The minimum Gasteiger partial charge on any atom is -0.396 e. The van der Waals surface area contributed by atoms with Crippen LogP contribution in [0, 0.1) is 0 Å². The van der Waals surface area contributed by atoms with Crippen molar-refractivity contribution in [1.29, 1.82) is 0 Å². The molecule has 0 amide bonds. The van der Waals surface area contributed by atoms with Crippen molar-refractivity contribution in [2.75, 3.05) is 6.61 Å². The van der Waals surface area contributed by atoms with Crippen LogP contribution < -0.4 is 0 Å². The molecular weight excluding hydrogens is 92.1 g/mol. The lowest BCUT2D eigenvalue weighted by Crippen LogP contribution is -1.91. The topological polar surface area (TPSA) is 37.3 Å². The van der Waals surface area contributed by atoms with E-state index in [4.69, 9.17) is 7.85 Å². The van der Waals surface area contributed by atoms with Crippen LogP contribution >= 0.6 is 0 Å². The lowest BCUT2D eigenvalue weighted by atomic mass is 10.2. The van der Waals surface area contributed by atoms with Gasteiger partial charge in [-0.05, 0) is 13.3 Å². The first-order valence-electron chi connectivity index (χ1n) is 3.08. The predicted octanol–water partition coefficient (Wildman–Crippen LogP) is 0.348. The second kappa shape index (κ2) is 3.81. The van der Waals surface area contributed by atoms with Crippen LogP contribution in [0.5, 0.6) is 0 Å². The van der Waals surface area contributed by atoms with Gasteiger partial charge < -0.3 is 9.90 Å². The number of Topliss-reactive ketones (excluding diaryl/α,β-unsaturated/α-hetero) is 1. The van der Waals surface area contributed by atoms with E-state index in [-0.39, 0.29) is 12.2 Å². The third-order valence-corrected chi connectivity index (χ3v) is 0.486. The smallest absolute Gasteiger partial charge is 0.129 e. The molecule has 0 bridgehead atoms. The van der Waals surface area contributed by atoms with E-state index in [9.17, 15) is 4.79 Å². The summed E-state index contributed by atoms with van der Waals surface area (Å²) in [7, 11) is 0. The Bertz CT molecular complexity index is 112. The first kappa shape index (κ1) is 3.61. The molecule has 0 radical (unpaired) electrons. The van der Waals surface area contributed by atoms with E-state index in [1.165, 1.54) is 6.92 Å². The molecule has 0 fully saturated rings. The average Bonchev–Trinajstić information content (AvgIpc) is 1.63. The maximum atomic E-state index is 10.3. The standard InChI is InChI=1S/C5H10O2/c1-5(7)3-2-4-6/h6H,2-4H2,1H3/i2D2. The van der Waals surface area contributed by atoms with Crippen LogP contribution in [0.3, 0.4) is 0 Å². The summed E-state index contributed by atoms with van der Waals surface area (Å²) in [6.07, 6.45) is -1.94. The maximum Gasteiger partial charge on any atom is 0.129 e. The van der Waals surface area contributed by atoms with Crippen LogP contribution in [0.25, 0.3) is 0 Å². The Morgan fingerprint density at radius 2 is 2.57 bits per heavy atom. The fourth-order valence-corrected chi connectivity index (χ4v) is 0.232. The summed E-state index contributed by atoms with van der Waals surface area (Å²) in [5.41, 5.74) is 0.